The van der Waals surface area contributed by atoms with Gasteiger partial charge in [-0.05, 0) is 41.5 Å². The van der Waals surface area contributed by atoms with Crippen LogP contribution in [0.15, 0.2) is 40.9 Å². The molecule has 0 saturated carbocycles. The number of halogens is 4. The Kier molecular flexibility index (Phi) is 4.27. The fourth-order valence-electron chi connectivity index (χ4n) is 1.79. The number of aliphatic hydroxyl groups excluding tert-OH is 1. The van der Waals surface area contributed by atoms with Crippen molar-refractivity contribution >= 4 is 15.9 Å². The molecule has 1 atom stereocenters. The highest BCUT2D eigenvalue weighted by Gasteiger charge is 2.13. The summed E-state index contributed by atoms with van der Waals surface area (Å²) in [5.74, 6) is -1.95. The maximum Gasteiger partial charge on any atom is 0.126 e. The van der Waals surface area contributed by atoms with Crippen molar-refractivity contribution < 1.29 is 18.3 Å². The molecule has 5 heteroatoms. The molecule has 0 spiro atoms. The van der Waals surface area contributed by atoms with Crippen LogP contribution in [0.2, 0.25) is 0 Å². The SMILES string of the molecule is OC(Cc1cc(F)ccc1Br)c1cc(F)cc(F)c1. The van der Waals surface area contributed by atoms with E-state index in [2.05, 4.69) is 15.9 Å². The minimum atomic E-state index is -1.11. The van der Waals surface area contributed by atoms with Gasteiger partial charge in [0.2, 0.25) is 0 Å². The number of rotatable bonds is 3. The minimum absolute atomic E-state index is 0.0568. The van der Waals surface area contributed by atoms with Crippen LogP contribution in [-0.2, 0) is 6.42 Å². The zero-order valence-electron chi connectivity index (χ0n) is 9.71. The molecule has 2 aromatic carbocycles. The predicted octanol–water partition coefficient (Wildman–Crippen LogP) is 4.14. The van der Waals surface area contributed by atoms with Crippen molar-refractivity contribution in [1.82, 2.24) is 0 Å². The Balaban J connectivity index is 2.25. The third-order valence-electron chi connectivity index (χ3n) is 2.69. The van der Waals surface area contributed by atoms with Crippen molar-refractivity contribution in [2.24, 2.45) is 0 Å². The van der Waals surface area contributed by atoms with E-state index in [1.54, 1.807) is 0 Å². The molecule has 0 amide bonds. The van der Waals surface area contributed by atoms with Crippen LogP contribution >= 0.6 is 15.9 Å². The zero-order valence-corrected chi connectivity index (χ0v) is 11.3. The van der Waals surface area contributed by atoms with E-state index >= 15 is 0 Å². The summed E-state index contributed by atoms with van der Waals surface area (Å²) in [5.41, 5.74) is 0.644. The molecule has 0 aliphatic heterocycles. The molecular formula is C14H10BrF3O. The lowest BCUT2D eigenvalue weighted by molar-refractivity contribution is 0.177. The van der Waals surface area contributed by atoms with Crippen LogP contribution in [0.25, 0.3) is 0 Å². The van der Waals surface area contributed by atoms with E-state index in [0.29, 0.717) is 10.0 Å². The minimum Gasteiger partial charge on any atom is -0.388 e. The molecule has 0 radical (unpaired) electrons. The van der Waals surface area contributed by atoms with Crippen molar-refractivity contribution in [3.05, 3.63) is 69.4 Å². The van der Waals surface area contributed by atoms with E-state index in [0.717, 1.165) is 18.2 Å². The van der Waals surface area contributed by atoms with Crippen LogP contribution in [0.1, 0.15) is 17.2 Å². The molecule has 19 heavy (non-hydrogen) atoms. The second-order valence-electron chi connectivity index (χ2n) is 4.16. The van der Waals surface area contributed by atoms with Crippen molar-refractivity contribution in [1.29, 1.82) is 0 Å². The third-order valence-corrected chi connectivity index (χ3v) is 3.46. The summed E-state index contributed by atoms with van der Waals surface area (Å²) in [6.45, 7) is 0. The summed E-state index contributed by atoms with van der Waals surface area (Å²) < 4.78 is 39.8. The molecule has 2 aromatic rings. The number of hydrogen-bond acceptors (Lipinski definition) is 1. The zero-order chi connectivity index (χ0) is 14.0. The number of hydrogen-bond donors (Lipinski definition) is 1. The molecule has 0 bridgehead atoms. The van der Waals surface area contributed by atoms with Crippen LogP contribution in [0.5, 0.6) is 0 Å². The summed E-state index contributed by atoms with van der Waals surface area (Å²) in [6, 6.07) is 6.91. The molecule has 0 aliphatic carbocycles. The Morgan fingerprint density at radius 2 is 1.58 bits per heavy atom. The van der Waals surface area contributed by atoms with Gasteiger partial charge in [-0.3, -0.25) is 0 Å². The first-order chi connectivity index (χ1) is 8.95. The van der Waals surface area contributed by atoms with Gasteiger partial charge < -0.3 is 5.11 Å². The monoisotopic (exact) mass is 330 g/mol. The highest BCUT2D eigenvalue weighted by molar-refractivity contribution is 9.10. The maximum atomic E-state index is 13.1. The van der Waals surface area contributed by atoms with Gasteiger partial charge in [-0.15, -0.1) is 0 Å². The summed E-state index contributed by atoms with van der Waals surface area (Å²) in [7, 11) is 0. The molecule has 0 aromatic heterocycles. The van der Waals surface area contributed by atoms with E-state index < -0.39 is 23.6 Å². The Morgan fingerprint density at radius 1 is 0.947 bits per heavy atom. The van der Waals surface area contributed by atoms with Gasteiger partial charge in [0.05, 0.1) is 6.10 Å². The van der Waals surface area contributed by atoms with Crippen LogP contribution < -0.4 is 0 Å². The van der Waals surface area contributed by atoms with Gasteiger partial charge in [-0.25, -0.2) is 13.2 Å². The van der Waals surface area contributed by atoms with Crippen LogP contribution in [0.3, 0.4) is 0 Å². The lowest BCUT2D eigenvalue weighted by Crippen LogP contribution is -2.04. The van der Waals surface area contributed by atoms with Gasteiger partial charge in [-0.1, -0.05) is 15.9 Å². The van der Waals surface area contributed by atoms with Gasteiger partial charge in [0, 0.05) is 17.0 Å². The average Bonchev–Trinajstić information content (AvgIpc) is 2.32. The third kappa shape index (κ3) is 3.58. The van der Waals surface area contributed by atoms with E-state index in [9.17, 15) is 18.3 Å². The quantitative estimate of drug-likeness (QED) is 0.896. The molecule has 0 heterocycles. The molecule has 100 valence electrons. The van der Waals surface area contributed by atoms with Crippen molar-refractivity contribution in [2.75, 3.05) is 0 Å². The van der Waals surface area contributed by atoms with E-state index in [1.165, 1.54) is 18.2 Å². The molecule has 2 rings (SSSR count). The van der Waals surface area contributed by atoms with Crippen LogP contribution in [0.4, 0.5) is 13.2 Å². The topological polar surface area (TPSA) is 20.2 Å². The lowest BCUT2D eigenvalue weighted by atomic mass is 10.0. The Morgan fingerprint density at radius 3 is 2.21 bits per heavy atom. The molecule has 0 fully saturated rings. The standard InChI is InChI=1S/C14H10BrF3O/c15-13-2-1-10(16)3-8(13)6-14(19)9-4-11(17)7-12(18)5-9/h1-5,7,14,19H,6H2. The van der Waals surface area contributed by atoms with Crippen molar-refractivity contribution in [2.45, 2.75) is 12.5 Å². The number of aliphatic hydroxyl groups is 1. The van der Waals surface area contributed by atoms with E-state index in [1.807, 2.05) is 0 Å². The van der Waals surface area contributed by atoms with Gasteiger partial charge in [0.15, 0.2) is 0 Å². The smallest absolute Gasteiger partial charge is 0.126 e. The molecule has 1 N–H and O–H groups in total. The Hall–Kier alpha value is -1.33. The van der Waals surface area contributed by atoms with E-state index in [4.69, 9.17) is 0 Å². The van der Waals surface area contributed by atoms with Crippen molar-refractivity contribution in [3.63, 3.8) is 0 Å². The van der Waals surface area contributed by atoms with E-state index in [-0.39, 0.29) is 12.0 Å². The summed E-state index contributed by atoms with van der Waals surface area (Å²) in [4.78, 5) is 0. The second kappa shape index (κ2) is 5.75. The van der Waals surface area contributed by atoms with Crippen LogP contribution in [-0.4, -0.2) is 5.11 Å². The largest absolute Gasteiger partial charge is 0.388 e. The first-order valence-corrected chi connectivity index (χ1v) is 6.33. The summed E-state index contributed by atoms with van der Waals surface area (Å²) >= 11 is 3.23. The normalized spacial score (nSPS) is 12.5. The highest BCUT2D eigenvalue weighted by atomic mass is 79.9. The van der Waals surface area contributed by atoms with Crippen LogP contribution in [0, 0.1) is 17.5 Å². The first kappa shape index (κ1) is 14.1. The average molecular weight is 331 g/mol. The Bertz CT molecular complexity index is 581. The maximum absolute atomic E-state index is 13.1. The molecule has 1 nitrogen and oxygen atoms in total. The molecule has 1 unspecified atom stereocenters. The molecular weight excluding hydrogens is 321 g/mol. The number of benzene rings is 2. The Labute approximate surface area is 116 Å². The second-order valence-corrected chi connectivity index (χ2v) is 5.01. The van der Waals surface area contributed by atoms with Gasteiger partial charge >= 0.3 is 0 Å². The fraction of sp³-hybridized carbons (Fsp3) is 0.143. The predicted molar refractivity (Wildman–Crippen MR) is 69.1 cm³/mol. The fourth-order valence-corrected chi connectivity index (χ4v) is 2.20. The highest BCUT2D eigenvalue weighted by Crippen LogP contribution is 2.25. The van der Waals surface area contributed by atoms with Gasteiger partial charge in [-0.2, -0.15) is 0 Å². The molecule has 0 aliphatic rings. The summed E-state index contributed by atoms with van der Waals surface area (Å²) in [6.07, 6.45) is -1.05. The van der Waals surface area contributed by atoms with Gasteiger partial charge in [0.1, 0.15) is 17.5 Å². The summed E-state index contributed by atoms with van der Waals surface area (Å²) in [5, 5.41) is 9.96. The molecule has 0 saturated heterocycles. The lowest BCUT2D eigenvalue weighted by Gasteiger charge is -2.13. The van der Waals surface area contributed by atoms with Crippen molar-refractivity contribution in [3.8, 4) is 0 Å². The van der Waals surface area contributed by atoms with Gasteiger partial charge in [0.25, 0.3) is 0 Å². The first-order valence-electron chi connectivity index (χ1n) is 5.53.